The van der Waals surface area contributed by atoms with Gasteiger partial charge >= 0.3 is 0 Å². The first kappa shape index (κ1) is 15.1. The van der Waals surface area contributed by atoms with Gasteiger partial charge in [-0.2, -0.15) is 0 Å². The van der Waals surface area contributed by atoms with E-state index in [1.165, 1.54) is 57.8 Å². The van der Waals surface area contributed by atoms with E-state index in [2.05, 4.69) is 27.4 Å². The van der Waals surface area contributed by atoms with Gasteiger partial charge in [0.1, 0.15) is 0 Å². The number of hydrogen-bond donors (Lipinski definition) is 0. The second-order valence-electron chi connectivity index (χ2n) is 7.48. The Morgan fingerprint density at radius 2 is 1.63 bits per heavy atom. The molecular weight excluding hydrogens is 228 g/mol. The molecule has 0 spiro atoms. The lowest BCUT2D eigenvalue weighted by Crippen LogP contribution is -2.28. The molecule has 110 valence electrons. The first-order valence-electron chi connectivity index (χ1n) is 8.82. The van der Waals surface area contributed by atoms with Crippen LogP contribution in [0.2, 0.25) is 0 Å². The summed E-state index contributed by atoms with van der Waals surface area (Å²) in [6.45, 7) is 11.9. The van der Waals surface area contributed by atoms with Gasteiger partial charge in [-0.15, -0.1) is 0 Å². The van der Waals surface area contributed by atoms with Crippen molar-refractivity contribution in [1.29, 1.82) is 0 Å². The second kappa shape index (κ2) is 6.95. The molecular formula is C19H34. The van der Waals surface area contributed by atoms with Crippen molar-refractivity contribution in [2.75, 3.05) is 0 Å². The Kier molecular flexibility index (Phi) is 5.54. The molecule has 19 heavy (non-hydrogen) atoms. The van der Waals surface area contributed by atoms with Crippen molar-refractivity contribution in [2.24, 2.45) is 29.6 Å². The van der Waals surface area contributed by atoms with Gasteiger partial charge in [0, 0.05) is 0 Å². The molecule has 2 rings (SSSR count). The van der Waals surface area contributed by atoms with Crippen LogP contribution in [0.25, 0.3) is 0 Å². The highest BCUT2D eigenvalue weighted by atomic mass is 14.4. The monoisotopic (exact) mass is 262 g/mol. The van der Waals surface area contributed by atoms with Crippen LogP contribution < -0.4 is 0 Å². The van der Waals surface area contributed by atoms with Gasteiger partial charge in [0.15, 0.2) is 0 Å². The Hall–Kier alpha value is -0.260. The summed E-state index contributed by atoms with van der Waals surface area (Å²) in [5.41, 5.74) is 1.63. The molecule has 0 heteroatoms. The molecule has 2 fully saturated rings. The predicted molar refractivity (Wildman–Crippen MR) is 85.2 cm³/mol. The maximum atomic E-state index is 4.59. The maximum Gasteiger partial charge on any atom is -0.0177 e. The van der Waals surface area contributed by atoms with E-state index in [0.717, 1.165) is 29.6 Å². The van der Waals surface area contributed by atoms with Crippen LogP contribution in [0.3, 0.4) is 0 Å². The van der Waals surface area contributed by atoms with Crippen molar-refractivity contribution in [1.82, 2.24) is 0 Å². The molecule has 0 radical (unpaired) electrons. The van der Waals surface area contributed by atoms with Gasteiger partial charge in [-0.25, -0.2) is 0 Å². The van der Waals surface area contributed by atoms with Crippen molar-refractivity contribution in [2.45, 2.75) is 78.6 Å². The van der Waals surface area contributed by atoms with E-state index >= 15 is 0 Å². The molecule has 0 aromatic carbocycles. The summed E-state index contributed by atoms with van der Waals surface area (Å²) in [6.07, 6.45) is 12.9. The standard InChI is InChI=1S/C19H34/c1-5-18(17-12-10-14(2)11-13-17)16(4)19-9-7-6-8-15(19)3/h14-15,17-19H,4-13H2,1-3H3. The molecule has 2 aliphatic carbocycles. The molecule has 3 unspecified atom stereocenters. The molecule has 2 saturated carbocycles. The predicted octanol–water partition coefficient (Wildman–Crippen LogP) is 6.22. The van der Waals surface area contributed by atoms with E-state index in [1.807, 2.05) is 0 Å². The lowest BCUT2D eigenvalue weighted by atomic mass is 9.66. The SMILES string of the molecule is C=C(C1CCCCC1C)C(CC)C1CCC(C)CC1. The Balaban J connectivity index is 1.98. The quantitative estimate of drug-likeness (QED) is 0.527. The lowest BCUT2D eigenvalue weighted by Gasteiger charge is -2.39. The largest absolute Gasteiger partial charge is 0.0993 e. The van der Waals surface area contributed by atoms with E-state index in [0.29, 0.717) is 0 Å². The van der Waals surface area contributed by atoms with Gasteiger partial charge in [-0.3, -0.25) is 0 Å². The first-order chi connectivity index (χ1) is 9.13. The molecule has 0 heterocycles. The molecule has 0 bridgehead atoms. The van der Waals surface area contributed by atoms with Crippen LogP contribution in [0.5, 0.6) is 0 Å². The molecule has 0 aromatic rings. The van der Waals surface area contributed by atoms with Gasteiger partial charge in [0.05, 0.1) is 0 Å². The first-order valence-corrected chi connectivity index (χ1v) is 8.82. The fourth-order valence-electron chi connectivity index (χ4n) is 4.73. The van der Waals surface area contributed by atoms with Gasteiger partial charge in [-0.05, 0) is 55.3 Å². The van der Waals surface area contributed by atoms with Gasteiger partial charge in [0.2, 0.25) is 0 Å². The molecule has 2 aliphatic rings. The summed E-state index contributed by atoms with van der Waals surface area (Å²) in [5, 5.41) is 0. The Bertz CT molecular complexity index is 282. The van der Waals surface area contributed by atoms with E-state index in [9.17, 15) is 0 Å². The molecule has 0 aromatic heterocycles. The molecule has 0 nitrogen and oxygen atoms in total. The molecule has 3 atom stereocenters. The fraction of sp³-hybridized carbons (Fsp3) is 0.895. The average molecular weight is 262 g/mol. The Morgan fingerprint density at radius 1 is 1.00 bits per heavy atom. The smallest absolute Gasteiger partial charge is 0.0177 e. The minimum Gasteiger partial charge on any atom is -0.0993 e. The van der Waals surface area contributed by atoms with Crippen molar-refractivity contribution in [3.05, 3.63) is 12.2 Å². The third-order valence-corrected chi connectivity index (χ3v) is 6.13. The van der Waals surface area contributed by atoms with Gasteiger partial charge in [0.25, 0.3) is 0 Å². The number of allylic oxidation sites excluding steroid dienone is 1. The zero-order valence-corrected chi connectivity index (χ0v) is 13.5. The van der Waals surface area contributed by atoms with Gasteiger partial charge < -0.3 is 0 Å². The third-order valence-electron chi connectivity index (χ3n) is 6.13. The van der Waals surface area contributed by atoms with Crippen molar-refractivity contribution < 1.29 is 0 Å². The molecule has 0 saturated heterocycles. The minimum absolute atomic E-state index is 0.818. The van der Waals surface area contributed by atoms with Crippen LogP contribution >= 0.6 is 0 Å². The highest BCUT2D eigenvalue weighted by Crippen LogP contribution is 2.44. The summed E-state index contributed by atoms with van der Waals surface area (Å²) in [6, 6.07) is 0. The summed E-state index contributed by atoms with van der Waals surface area (Å²) >= 11 is 0. The van der Waals surface area contributed by atoms with Crippen molar-refractivity contribution >= 4 is 0 Å². The van der Waals surface area contributed by atoms with Crippen molar-refractivity contribution in [3.63, 3.8) is 0 Å². The highest BCUT2D eigenvalue weighted by Gasteiger charge is 2.32. The second-order valence-corrected chi connectivity index (χ2v) is 7.48. The fourth-order valence-corrected chi connectivity index (χ4v) is 4.73. The zero-order chi connectivity index (χ0) is 13.8. The van der Waals surface area contributed by atoms with E-state index in [4.69, 9.17) is 0 Å². The summed E-state index contributed by atoms with van der Waals surface area (Å²) in [7, 11) is 0. The summed E-state index contributed by atoms with van der Waals surface area (Å²) in [4.78, 5) is 0. The normalized spacial score (nSPS) is 37.8. The number of hydrogen-bond acceptors (Lipinski definition) is 0. The molecule has 0 aliphatic heterocycles. The van der Waals surface area contributed by atoms with Crippen LogP contribution in [-0.4, -0.2) is 0 Å². The van der Waals surface area contributed by atoms with Crippen LogP contribution in [0.4, 0.5) is 0 Å². The maximum absolute atomic E-state index is 4.59. The van der Waals surface area contributed by atoms with E-state index in [1.54, 1.807) is 5.57 Å². The Labute approximate surface area is 121 Å². The van der Waals surface area contributed by atoms with Crippen molar-refractivity contribution in [3.8, 4) is 0 Å². The third kappa shape index (κ3) is 3.64. The van der Waals surface area contributed by atoms with E-state index in [-0.39, 0.29) is 0 Å². The van der Waals surface area contributed by atoms with Gasteiger partial charge in [-0.1, -0.05) is 65.0 Å². The van der Waals surface area contributed by atoms with Crippen LogP contribution in [0.1, 0.15) is 78.6 Å². The van der Waals surface area contributed by atoms with E-state index < -0.39 is 0 Å². The number of rotatable bonds is 4. The highest BCUT2D eigenvalue weighted by molar-refractivity contribution is 5.10. The molecule has 0 N–H and O–H groups in total. The summed E-state index contributed by atoms with van der Waals surface area (Å²) in [5.74, 6) is 4.45. The summed E-state index contributed by atoms with van der Waals surface area (Å²) < 4.78 is 0. The minimum atomic E-state index is 0.818. The zero-order valence-electron chi connectivity index (χ0n) is 13.5. The average Bonchev–Trinajstić information content (AvgIpc) is 2.42. The lowest BCUT2D eigenvalue weighted by molar-refractivity contribution is 0.198. The van der Waals surface area contributed by atoms with Crippen LogP contribution in [0.15, 0.2) is 12.2 Å². The van der Waals surface area contributed by atoms with Crippen LogP contribution in [-0.2, 0) is 0 Å². The topological polar surface area (TPSA) is 0 Å². The Morgan fingerprint density at radius 3 is 2.21 bits per heavy atom. The van der Waals surface area contributed by atoms with Crippen LogP contribution in [0, 0.1) is 29.6 Å². The molecule has 0 amide bonds.